The summed E-state index contributed by atoms with van der Waals surface area (Å²) in [6.07, 6.45) is 1.34. The summed E-state index contributed by atoms with van der Waals surface area (Å²) in [5, 5.41) is 3.91. The van der Waals surface area contributed by atoms with Gasteiger partial charge in [0.2, 0.25) is 5.89 Å². The van der Waals surface area contributed by atoms with Gasteiger partial charge in [0.15, 0.2) is 5.82 Å². The summed E-state index contributed by atoms with van der Waals surface area (Å²) in [6, 6.07) is 0. The third-order valence-corrected chi connectivity index (χ3v) is 3.27. The monoisotopic (exact) mass is 238 g/mol. The summed E-state index contributed by atoms with van der Waals surface area (Å²) < 4.78 is 5.21. The summed E-state index contributed by atoms with van der Waals surface area (Å²) in [7, 11) is 2.09. The lowest BCUT2D eigenvalue weighted by molar-refractivity contribution is 0.255. The molecule has 0 saturated heterocycles. The lowest BCUT2D eigenvalue weighted by Crippen LogP contribution is -2.30. The van der Waals surface area contributed by atoms with E-state index in [1.807, 2.05) is 13.8 Å². The maximum atomic E-state index is 5.91. The third-order valence-electron chi connectivity index (χ3n) is 3.27. The van der Waals surface area contributed by atoms with Gasteiger partial charge in [-0.15, -0.1) is 0 Å². The fourth-order valence-electron chi connectivity index (χ4n) is 1.93. The van der Waals surface area contributed by atoms with Gasteiger partial charge in [-0.25, -0.2) is 0 Å². The van der Waals surface area contributed by atoms with Crippen LogP contribution in [0.25, 0.3) is 0 Å². The minimum Gasteiger partial charge on any atom is -0.338 e. The number of hydrogen-bond donors (Lipinski definition) is 1. The van der Waals surface area contributed by atoms with Crippen LogP contribution >= 0.6 is 0 Å². The molecule has 0 spiro atoms. The van der Waals surface area contributed by atoms with E-state index in [-0.39, 0.29) is 0 Å². The van der Waals surface area contributed by atoms with Crippen LogP contribution in [0.4, 0.5) is 0 Å². The Kier molecular flexibility index (Phi) is 3.23. The molecule has 5 heteroatoms. The van der Waals surface area contributed by atoms with Crippen LogP contribution < -0.4 is 5.73 Å². The molecular formula is C12H22N4O. The zero-order valence-corrected chi connectivity index (χ0v) is 11.1. The van der Waals surface area contributed by atoms with Gasteiger partial charge in [-0.3, -0.25) is 4.90 Å². The third kappa shape index (κ3) is 3.26. The fraction of sp³-hybridized carbons (Fsp3) is 0.833. The van der Waals surface area contributed by atoms with Crippen molar-refractivity contribution in [3.63, 3.8) is 0 Å². The second-order valence-electron chi connectivity index (χ2n) is 5.90. The van der Waals surface area contributed by atoms with Crippen molar-refractivity contribution >= 4 is 0 Å². The summed E-state index contributed by atoms with van der Waals surface area (Å²) >= 11 is 0. The number of aromatic nitrogens is 2. The first kappa shape index (κ1) is 12.5. The molecule has 2 rings (SSSR count). The standard InChI is InChI=1S/C12H22N4O/c1-8-5-9(8)6-16(4)7-10-14-11(15-17-10)12(2,3)13/h8-9H,5-7,13H2,1-4H3. The van der Waals surface area contributed by atoms with Gasteiger partial charge in [0.25, 0.3) is 0 Å². The molecule has 2 atom stereocenters. The summed E-state index contributed by atoms with van der Waals surface area (Å²) in [6.45, 7) is 7.84. The summed E-state index contributed by atoms with van der Waals surface area (Å²) in [5.74, 6) is 2.93. The second-order valence-corrected chi connectivity index (χ2v) is 5.90. The Hall–Kier alpha value is -0.940. The van der Waals surface area contributed by atoms with Gasteiger partial charge >= 0.3 is 0 Å². The molecule has 1 aliphatic carbocycles. The lowest BCUT2D eigenvalue weighted by atomic mass is 10.1. The quantitative estimate of drug-likeness (QED) is 0.838. The molecule has 1 aliphatic rings. The van der Waals surface area contributed by atoms with Crippen LogP contribution in [0.5, 0.6) is 0 Å². The first-order valence-corrected chi connectivity index (χ1v) is 6.16. The van der Waals surface area contributed by atoms with Gasteiger partial charge in [0.1, 0.15) is 0 Å². The Labute approximate surface area is 102 Å². The van der Waals surface area contributed by atoms with E-state index in [1.54, 1.807) is 0 Å². The van der Waals surface area contributed by atoms with Gasteiger partial charge in [-0.2, -0.15) is 4.98 Å². The van der Waals surface area contributed by atoms with Gasteiger partial charge < -0.3 is 10.3 Å². The molecule has 17 heavy (non-hydrogen) atoms. The maximum absolute atomic E-state index is 5.91. The van der Waals surface area contributed by atoms with Crippen LogP contribution in [0.3, 0.4) is 0 Å². The number of rotatable bonds is 5. The highest BCUT2D eigenvalue weighted by atomic mass is 16.5. The zero-order chi connectivity index (χ0) is 12.6. The molecule has 0 aromatic carbocycles. The van der Waals surface area contributed by atoms with Crippen molar-refractivity contribution in [3.05, 3.63) is 11.7 Å². The summed E-state index contributed by atoms with van der Waals surface area (Å²) in [5.41, 5.74) is 5.37. The highest BCUT2D eigenvalue weighted by molar-refractivity contribution is 4.99. The zero-order valence-electron chi connectivity index (χ0n) is 11.1. The molecule has 0 bridgehead atoms. The smallest absolute Gasteiger partial charge is 0.240 e. The van der Waals surface area contributed by atoms with Crippen LogP contribution in [0.1, 0.15) is 38.9 Å². The average Bonchev–Trinajstić information content (AvgIpc) is 2.71. The fourth-order valence-corrected chi connectivity index (χ4v) is 1.93. The van der Waals surface area contributed by atoms with Gasteiger partial charge in [-0.05, 0) is 39.2 Å². The highest BCUT2D eigenvalue weighted by Crippen LogP contribution is 2.38. The first-order chi connectivity index (χ1) is 7.86. The molecule has 1 saturated carbocycles. The van der Waals surface area contributed by atoms with Gasteiger partial charge in [-0.1, -0.05) is 12.1 Å². The topological polar surface area (TPSA) is 68.2 Å². The van der Waals surface area contributed by atoms with Crippen molar-refractivity contribution in [1.29, 1.82) is 0 Å². The van der Waals surface area contributed by atoms with E-state index in [9.17, 15) is 0 Å². The minimum atomic E-state index is -0.536. The van der Waals surface area contributed by atoms with E-state index >= 15 is 0 Å². The molecule has 0 radical (unpaired) electrons. The van der Waals surface area contributed by atoms with Crippen molar-refractivity contribution < 1.29 is 4.52 Å². The molecule has 96 valence electrons. The van der Waals surface area contributed by atoms with E-state index in [0.29, 0.717) is 18.3 Å². The van der Waals surface area contributed by atoms with Crippen LogP contribution in [0.2, 0.25) is 0 Å². The Morgan fingerprint density at radius 1 is 1.53 bits per heavy atom. The lowest BCUT2D eigenvalue weighted by Gasteiger charge is -2.13. The molecule has 2 unspecified atom stereocenters. The normalized spacial score (nSPS) is 24.4. The van der Waals surface area contributed by atoms with Gasteiger partial charge in [0.05, 0.1) is 12.1 Å². The Morgan fingerprint density at radius 2 is 2.18 bits per heavy atom. The van der Waals surface area contributed by atoms with Crippen LogP contribution in [-0.4, -0.2) is 28.6 Å². The maximum Gasteiger partial charge on any atom is 0.240 e. The average molecular weight is 238 g/mol. The van der Waals surface area contributed by atoms with Crippen LogP contribution in [0.15, 0.2) is 4.52 Å². The Morgan fingerprint density at radius 3 is 2.65 bits per heavy atom. The first-order valence-electron chi connectivity index (χ1n) is 6.16. The van der Waals surface area contributed by atoms with Crippen molar-refractivity contribution in [2.75, 3.05) is 13.6 Å². The molecule has 0 amide bonds. The van der Waals surface area contributed by atoms with E-state index in [4.69, 9.17) is 10.3 Å². The predicted octanol–water partition coefficient (Wildman–Crippen LogP) is 1.35. The molecule has 5 nitrogen and oxygen atoms in total. The van der Waals surface area contributed by atoms with Crippen LogP contribution in [-0.2, 0) is 12.1 Å². The number of nitrogens with zero attached hydrogens (tertiary/aromatic N) is 3. The van der Waals surface area contributed by atoms with Crippen molar-refractivity contribution in [1.82, 2.24) is 15.0 Å². The Balaban J connectivity index is 1.88. The van der Waals surface area contributed by atoms with E-state index < -0.39 is 5.54 Å². The SMILES string of the molecule is CC1CC1CN(C)Cc1nc(C(C)(C)N)no1. The number of hydrogen-bond acceptors (Lipinski definition) is 5. The molecule has 2 N–H and O–H groups in total. The van der Waals surface area contributed by atoms with E-state index in [1.165, 1.54) is 6.42 Å². The molecule has 1 aromatic heterocycles. The van der Waals surface area contributed by atoms with Crippen molar-refractivity contribution in [3.8, 4) is 0 Å². The number of nitrogens with two attached hydrogens (primary N) is 1. The summed E-state index contributed by atoms with van der Waals surface area (Å²) in [4.78, 5) is 6.55. The second kappa shape index (κ2) is 4.38. The molecule has 1 fully saturated rings. The van der Waals surface area contributed by atoms with Crippen LogP contribution in [0, 0.1) is 11.8 Å². The molecule has 0 aliphatic heterocycles. The van der Waals surface area contributed by atoms with Crippen molar-refractivity contribution in [2.45, 2.75) is 39.3 Å². The van der Waals surface area contributed by atoms with Crippen molar-refractivity contribution in [2.24, 2.45) is 17.6 Å². The molecule has 1 heterocycles. The molecular weight excluding hydrogens is 216 g/mol. The molecule has 1 aromatic rings. The highest BCUT2D eigenvalue weighted by Gasteiger charge is 2.33. The largest absolute Gasteiger partial charge is 0.338 e. The van der Waals surface area contributed by atoms with E-state index in [2.05, 4.69) is 29.0 Å². The van der Waals surface area contributed by atoms with E-state index in [0.717, 1.165) is 18.4 Å². The Bertz CT molecular complexity index is 382. The van der Waals surface area contributed by atoms with Gasteiger partial charge in [0, 0.05) is 6.54 Å². The predicted molar refractivity (Wildman–Crippen MR) is 65.1 cm³/mol. The minimum absolute atomic E-state index is 0.536.